The van der Waals surface area contributed by atoms with Crippen LogP contribution in [0.2, 0.25) is 0 Å². The monoisotopic (exact) mass is 286 g/mol. The maximum atomic E-state index is 6.18. The summed E-state index contributed by atoms with van der Waals surface area (Å²) < 4.78 is 0. The molecule has 3 rings (SSSR count). The Morgan fingerprint density at radius 3 is 2.67 bits per heavy atom. The normalized spacial score (nSPS) is 28.1. The number of hydrogen-bond donors (Lipinski definition) is 1. The van der Waals surface area contributed by atoms with Gasteiger partial charge in [0, 0.05) is 19.1 Å². The summed E-state index contributed by atoms with van der Waals surface area (Å²) in [5.41, 5.74) is 10.4. The average Bonchev–Trinajstić information content (AvgIpc) is 2.51. The minimum Gasteiger partial charge on any atom is -0.329 e. The van der Waals surface area contributed by atoms with Crippen molar-refractivity contribution >= 4 is 0 Å². The lowest BCUT2D eigenvalue weighted by atomic mass is 9.74. The lowest BCUT2D eigenvalue weighted by Crippen LogP contribution is -2.45. The van der Waals surface area contributed by atoms with Gasteiger partial charge in [0.1, 0.15) is 0 Å². The van der Waals surface area contributed by atoms with Crippen LogP contribution >= 0.6 is 0 Å². The van der Waals surface area contributed by atoms with Crippen molar-refractivity contribution in [3.05, 3.63) is 34.9 Å². The van der Waals surface area contributed by atoms with Gasteiger partial charge in [0.05, 0.1) is 0 Å². The van der Waals surface area contributed by atoms with E-state index < -0.39 is 0 Å². The molecule has 1 aliphatic heterocycles. The highest BCUT2D eigenvalue weighted by atomic mass is 15.2. The van der Waals surface area contributed by atoms with Gasteiger partial charge >= 0.3 is 0 Å². The number of likely N-dealkylation sites (tertiary alicyclic amines) is 1. The Labute approximate surface area is 129 Å². The molecule has 1 aliphatic carbocycles. The molecule has 1 saturated carbocycles. The zero-order valence-electron chi connectivity index (χ0n) is 13.6. The van der Waals surface area contributed by atoms with Gasteiger partial charge in [0.15, 0.2) is 0 Å². The molecule has 2 fully saturated rings. The SMILES string of the molecule is Cc1ccc(C)c(C(CN)N2CCC3CCCCC3C2)c1. The Morgan fingerprint density at radius 2 is 1.90 bits per heavy atom. The summed E-state index contributed by atoms with van der Waals surface area (Å²) >= 11 is 0. The highest BCUT2D eigenvalue weighted by Gasteiger charge is 2.34. The molecule has 1 aromatic rings. The molecular weight excluding hydrogens is 256 g/mol. The van der Waals surface area contributed by atoms with E-state index in [0.29, 0.717) is 6.04 Å². The van der Waals surface area contributed by atoms with Crippen LogP contribution in [0.25, 0.3) is 0 Å². The number of aryl methyl sites for hydroxylation is 2. The van der Waals surface area contributed by atoms with Crippen LogP contribution in [0.4, 0.5) is 0 Å². The van der Waals surface area contributed by atoms with E-state index in [2.05, 4.69) is 36.9 Å². The number of hydrogen-bond acceptors (Lipinski definition) is 2. The summed E-state index contributed by atoms with van der Waals surface area (Å²) in [5, 5.41) is 0. The smallest absolute Gasteiger partial charge is 0.0473 e. The topological polar surface area (TPSA) is 29.3 Å². The number of benzene rings is 1. The second kappa shape index (κ2) is 6.50. The first kappa shape index (κ1) is 15.1. The van der Waals surface area contributed by atoms with Crippen molar-refractivity contribution < 1.29 is 0 Å². The van der Waals surface area contributed by atoms with Crippen molar-refractivity contribution in [2.24, 2.45) is 17.6 Å². The third-order valence-corrected chi connectivity index (χ3v) is 5.78. The Balaban J connectivity index is 1.78. The highest BCUT2D eigenvalue weighted by molar-refractivity contribution is 5.33. The molecule has 0 spiro atoms. The van der Waals surface area contributed by atoms with E-state index in [1.807, 2.05) is 0 Å². The summed E-state index contributed by atoms with van der Waals surface area (Å²) in [6.07, 6.45) is 7.18. The average molecular weight is 286 g/mol. The van der Waals surface area contributed by atoms with E-state index in [9.17, 15) is 0 Å². The van der Waals surface area contributed by atoms with Crippen molar-refractivity contribution in [2.45, 2.75) is 52.0 Å². The first-order chi connectivity index (χ1) is 10.2. The van der Waals surface area contributed by atoms with E-state index in [1.54, 1.807) is 0 Å². The summed E-state index contributed by atoms with van der Waals surface area (Å²) in [4.78, 5) is 2.67. The van der Waals surface area contributed by atoms with E-state index in [4.69, 9.17) is 5.73 Å². The second-order valence-electron chi connectivity index (χ2n) is 7.20. The lowest BCUT2D eigenvalue weighted by molar-refractivity contribution is 0.0584. The van der Waals surface area contributed by atoms with Crippen molar-refractivity contribution in [1.82, 2.24) is 4.90 Å². The van der Waals surface area contributed by atoms with Crippen LogP contribution in [0.15, 0.2) is 18.2 Å². The summed E-state index contributed by atoms with van der Waals surface area (Å²) in [6, 6.07) is 7.22. The van der Waals surface area contributed by atoms with Crippen LogP contribution in [0.3, 0.4) is 0 Å². The Morgan fingerprint density at radius 1 is 1.14 bits per heavy atom. The fourth-order valence-electron chi connectivity index (χ4n) is 4.50. The first-order valence-corrected chi connectivity index (χ1v) is 8.70. The zero-order valence-corrected chi connectivity index (χ0v) is 13.6. The molecule has 2 aliphatic rings. The van der Waals surface area contributed by atoms with Gasteiger partial charge in [-0.15, -0.1) is 0 Å². The molecule has 3 atom stereocenters. The van der Waals surface area contributed by atoms with Crippen LogP contribution in [-0.2, 0) is 0 Å². The summed E-state index contributed by atoms with van der Waals surface area (Å²) in [6.45, 7) is 7.65. The predicted molar refractivity (Wildman–Crippen MR) is 89.3 cm³/mol. The quantitative estimate of drug-likeness (QED) is 0.915. The summed E-state index contributed by atoms with van der Waals surface area (Å²) in [5.74, 6) is 1.92. The molecule has 1 aromatic carbocycles. The molecule has 2 N–H and O–H groups in total. The molecule has 0 bridgehead atoms. The fourth-order valence-corrected chi connectivity index (χ4v) is 4.50. The number of rotatable bonds is 3. The first-order valence-electron chi connectivity index (χ1n) is 8.70. The Hall–Kier alpha value is -0.860. The van der Waals surface area contributed by atoms with Gasteiger partial charge in [-0.3, -0.25) is 4.90 Å². The second-order valence-corrected chi connectivity index (χ2v) is 7.20. The van der Waals surface area contributed by atoms with Gasteiger partial charge in [-0.1, -0.05) is 43.0 Å². The standard InChI is InChI=1S/C19H30N2/c1-14-7-8-15(2)18(11-14)19(12-20)21-10-9-16-5-3-4-6-17(16)13-21/h7-8,11,16-17,19H,3-6,9-10,12-13,20H2,1-2H3. The summed E-state index contributed by atoms with van der Waals surface area (Å²) in [7, 11) is 0. The van der Waals surface area contributed by atoms with E-state index in [-0.39, 0.29) is 0 Å². The number of fused-ring (bicyclic) bond motifs is 1. The van der Waals surface area contributed by atoms with Crippen molar-refractivity contribution in [3.63, 3.8) is 0 Å². The van der Waals surface area contributed by atoms with Crippen molar-refractivity contribution in [1.29, 1.82) is 0 Å². The number of piperidine rings is 1. The van der Waals surface area contributed by atoms with Gasteiger partial charge in [0.2, 0.25) is 0 Å². The third kappa shape index (κ3) is 3.17. The molecular formula is C19H30N2. The molecule has 0 amide bonds. The minimum atomic E-state index is 0.410. The Bertz CT molecular complexity index is 482. The fraction of sp³-hybridized carbons (Fsp3) is 0.684. The van der Waals surface area contributed by atoms with Crippen LogP contribution in [0.5, 0.6) is 0 Å². The zero-order chi connectivity index (χ0) is 14.8. The lowest BCUT2D eigenvalue weighted by Gasteiger charge is -2.44. The van der Waals surface area contributed by atoms with E-state index in [1.165, 1.54) is 61.9 Å². The number of nitrogens with zero attached hydrogens (tertiary/aromatic N) is 1. The van der Waals surface area contributed by atoms with Gasteiger partial charge < -0.3 is 5.73 Å². The molecule has 3 unspecified atom stereocenters. The molecule has 21 heavy (non-hydrogen) atoms. The van der Waals surface area contributed by atoms with Gasteiger partial charge in [-0.2, -0.15) is 0 Å². The van der Waals surface area contributed by atoms with Crippen LogP contribution < -0.4 is 5.73 Å². The molecule has 0 aromatic heterocycles. The maximum absolute atomic E-state index is 6.18. The predicted octanol–water partition coefficient (Wildman–Crippen LogP) is 3.82. The van der Waals surface area contributed by atoms with Crippen LogP contribution in [-0.4, -0.2) is 24.5 Å². The van der Waals surface area contributed by atoms with Crippen molar-refractivity contribution in [2.75, 3.05) is 19.6 Å². The van der Waals surface area contributed by atoms with Crippen molar-refractivity contribution in [3.8, 4) is 0 Å². The van der Waals surface area contributed by atoms with E-state index >= 15 is 0 Å². The molecule has 2 nitrogen and oxygen atoms in total. The van der Waals surface area contributed by atoms with E-state index in [0.717, 1.165) is 18.4 Å². The van der Waals surface area contributed by atoms with Crippen LogP contribution in [0.1, 0.15) is 54.8 Å². The minimum absolute atomic E-state index is 0.410. The molecule has 116 valence electrons. The number of nitrogens with two attached hydrogens (primary N) is 1. The Kier molecular flexibility index (Phi) is 4.66. The van der Waals surface area contributed by atoms with Gasteiger partial charge in [0.25, 0.3) is 0 Å². The molecule has 0 radical (unpaired) electrons. The van der Waals surface area contributed by atoms with Crippen LogP contribution in [0, 0.1) is 25.7 Å². The molecule has 2 heteroatoms. The van der Waals surface area contributed by atoms with Gasteiger partial charge in [-0.25, -0.2) is 0 Å². The van der Waals surface area contributed by atoms with Gasteiger partial charge in [-0.05, 0) is 56.2 Å². The molecule has 1 heterocycles. The molecule has 1 saturated heterocycles. The highest BCUT2D eigenvalue weighted by Crippen LogP contribution is 2.38. The largest absolute Gasteiger partial charge is 0.329 e. The third-order valence-electron chi connectivity index (χ3n) is 5.78. The maximum Gasteiger partial charge on any atom is 0.0473 e.